The van der Waals surface area contributed by atoms with Crippen LogP contribution in [0.25, 0.3) is 16.9 Å². The average Bonchev–Trinajstić information content (AvgIpc) is 3.37. The molecule has 10 nitrogen and oxygen atoms in total. The second kappa shape index (κ2) is 11.3. The normalized spacial score (nSPS) is 14.4. The van der Waals surface area contributed by atoms with Crippen LogP contribution in [0, 0.1) is 0 Å². The number of carbonyl (C=O) groups excluding carboxylic acids is 1. The van der Waals surface area contributed by atoms with Crippen molar-refractivity contribution in [3.63, 3.8) is 0 Å². The number of amides is 2. The van der Waals surface area contributed by atoms with Gasteiger partial charge in [-0.3, -0.25) is 4.57 Å². The number of fused-ring (bicyclic) bond motifs is 1. The van der Waals surface area contributed by atoms with E-state index < -0.39 is 17.8 Å². The molecule has 1 aliphatic heterocycles. The minimum absolute atomic E-state index is 0.0623. The van der Waals surface area contributed by atoms with Gasteiger partial charge in [-0.2, -0.15) is 13.2 Å². The predicted octanol–water partition coefficient (Wildman–Crippen LogP) is 3.97. The molecular weight excluding hydrogens is 511 g/mol. The van der Waals surface area contributed by atoms with Crippen molar-refractivity contribution >= 4 is 34.4 Å². The van der Waals surface area contributed by atoms with Gasteiger partial charge >= 0.3 is 12.2 Å². The third-order valence-corrected chi connectivity index (χ3v) is 6.55. The number of rotatable bonds is 7. The molecule has 4 N–H and O–H groups in total. The number of carbonyl (C=O) groups is 1. The Bertz CT molecular complexity index is 1450. The van der Waals surface area contributed by atoms with Crippen molar-refractivity contribution in [3.05, 3.63) is 66.2 Å². The molecule has 2 aromatic heterocycles. The second-order valence-electron chi connectivity index (χ2n) is 9.10. The number of halogens is 3. The number of imidazole rings is 1. The molecule has 39 heavy (non-hydrogen) atoms. The molecule has 1 saturated heterocycles. The number of aromatic nitrogens is 4. The Morgan fingerprint density at radius 2 is 1.72 bits per heavy atom. The fourth-order valence-corrected chi connectivity index (χ4v) is 4.55. The van der Waals surface area contributed by atoms with Crippen LogP contribution in [0.1, 0.15) is 11.1 Å². The van der Waals surface area contributed by atoms with Gasteiger partial charge in [0.25, 0.3) is 0 Å². The molecule has 3 heterocycles. The van der Waals surface area contributed by atoms with E-state index in [1.807, 2.05) is 0 Å². The molecular formula is C26H28F3N9O. The SMILES string of the molecule is CNc1ncnc2c1ncn2-c1ccc(NC(=O)Nc2ccc(CCN3CCNCC3)c(C(F)(F)F)c2)cc1. The summed E-state index contributed by atoms with van der Waals surface area (Å²) in [6.07, 6.45) is -1.18. The maximum atomic E-state index is 13.8. The highest BCUT2D eigenvalue weighted by molar-refractivity contribution is 5.99. The summed E-state index contributed by atoms with van der Waals surface area (Å²) in [6, 6.07) is 10.2. The molecule has 4 aromatic rings. The van der Waals surface area contributed by atoms with Crippen LogP contribution in [0.5, 0.6) is 0 Å². The van der Waals surface area contributed by atoms with Crippen LogP contribution in [0.4, 0.5) is 35.2 Å². The van der Waals surface area contributed by atoms with Gasteiger partial charge < -0.3 is 26.2 Å². The van der Waals surface area contributed by atoms with Crippen molar-refractivity contribution in [3.8, 4) is 5.69 Å². The fourth-order valence-electron chi connectivity index (χ4n) is 4.55. The van der Waals surface area contributed by atoms with Crippen LogP contribution in [-0.4, -0.2) is 70.2 Å². The van der Waals surface area contributed by atoms with Crippen LogP contribution >= 0.6 is 0 Å². The van der Waals surface area contributed by atoms with E-state index in [-0.39, 0.29) is 17.7 Å². The highest BCUT2D eigenvalue weighted by atomic mass is 19.4. The number of hydrogen-bond acceptors (Lipinski definition) is 7. The number of anilines is 3. The Kier molecular flexibility index (Phi) is 7.61. The van der Waals surface area contributed by atoms with E-state index in [1.54, 1.807) is 42.2 Å². The van der Waals surface area contributed by atoms with Gasteiger partial charge in [-0.25, -0.2) is 19.7 Å². The molecule has 204 valence electrons. The second-order valence-corrected chi connectivity index (χ2v) is 9.10. The average molecular weight is 540 g/mol. The summed E-state index contributed by atoms with van der Waals surface area (Å²) in [7, 11) is 1.75. The van der Waals surface area contributed by atoms with Crippen molar-refractivity contribution < 1.29 is 18.0 Å². The zero-order valence-electron chi connectivity index (χ0n) is 21.2. The maximum Gasteiger partial charge on any atom is 0.416 e. The van der Waals surface area contributed by atoms with Gasteiger partial charge in [-0.1, -0.05) is 6.07 Å². The standard InChI is InChI=1S/C26H28F3N9O/c1-30-23-22-24(33-15-32-23)38(16-34-22)20-6-4-18(5-7-20)35-25(39)36-19-3-2-17(21(14-19)26(27,28)29)8-11-37-12-9-31-10-13-37/h2-7,14-16,31H,8-13H2,1H3,(H,30,32,33)(H2,35,36,39). The van der Waals surface area contributed by atoms with E-state index >= 15 is 0 Å². The summed E-state index contributed by atoms with van der Waals surface area (Å²) in [6.45, 7) is 3.84. The van der Waals surface area contributed by atoms with Crippen molar-refractivity contribution in [2.75, 3.05) is 55.7 Å². The van der Waals surface area contributed by atoms with E-state index in [2.05, 4.69) is 41.1 Å². The van der Waals surface area contributed by atoms with Gasteiger partial charge in [-0.05, 0) is 48.4 Å². The van der Waals surface area contributed by atoms with E-state index in [9.17, 15) is 18.0 Å². The monoisotopic (exact) mass is 539 g/mol. The maximum absolute atomic E-state index is 13.8. The van der Waals surface area contributed by atoms with E-state index in [4.69, 9.17) is 0 Å². The van der Waals surface area contributed by atoms with E-state index in [0.29, 0.717) is 29.2 Å². The lowest BCUT2D eigenvalue weighted by Gasteiger charge is -2.27. The van der Waals surface area contributed by atoms with Gasteiger partial charge in [0.2, 0.25) is 0 Å². The largest absolute Gasteiger partial charge is 0.416 e. The first-order valence-corrected chi connectivity index (χ1v) is 12.5. The number of urea groups is 1. The molecule has 0 atom stereocenters. The molecule has 0 radical (unpaired) electrons. The summed E-state index contributed by atoms with van der Waals surface area (Å²) in [5.41, 5.74) is 2.00. The molecule has 0 saturated carbocycles. The molecule has 2 aromatic carbocycles. The molecule has 1 fully saturated rings. The number of nitrogens with zero attached hydrogens (tertiary/aromatic N) is 5. The molecule has 5 rings (SSSR count). The first-order valence-electron chi connectivity index (χ1n) is 12.5. The molecule has 13 heteroatoms. The molecule has 0 unspecified atom stereocenters. The Balaban J connectivity index is 1.24. The molecule has 0 bridgehead atoms. The Morgan fingerprint density at radius 3 is 2.44 bits per heavy atom. The first kappa shape index (κ1) is 26.4. The zero-order chi connectivity index (χ0) is 27.4. The highest BCUT2D eigenvalue weighted by Crippen LogP contribution is 2.34. The van der Waals surface area contributed by atoms with E-state index in [1.165, 1.54) is 18.5 Å². The quantitative estimate of drug-likeness (QED) is 0.281. The van der Waals surface area contributed by atoms with Crippen LogP contribution in [-0.2, 0) is 12.6 Å². The number of benzene rings is 2. The lowest BCUT2D eigenvalue weighted by atomic mass is 10.0. The smallest absolute Gasteiger partial charge is 0.371 e. The van der Waals surface area contributed by atoms with Gasteiger partial charge in [0.15, 0.2) is 17.0 Å². The summed E-state index contributed by atoms with van der Waals surface area (Å²) in [4.78, 5) is 27.5. The molecule has 2 amide bonds. The molecule has 0 aliphatic carbocycles. The number of nitrogens with one attached hydrogen (secondary N) is 4. The number of alkyl halides is 3. The third-order valence-electron chi connectivity index (χ3n) is 6.55. The minimum atomic E-state index is -4.53. The third kappa shape index (κ3) is 6.10. The van der Waals surface area contributed by atoms with Gasteiger partial charge in [0, 0.05) is 56.8 Å². The van der Waals surface area contributed by atoms with Crippen LogP contribution in [0.3, 0.4) is 0 Å². The Hall–Kier alpha value is -4.23. The number of piperazine rings is 1. The first-order chi connectivity index (χ1) is 18.8. The van der Waals surface area contributed by atoms with Crippen LogP contribution in [0.2, 0.25) is 0 Å². The Morgan fingerprint density at radius 1 is 1.00 bits per heavy atom. The fraction of sp³-hybridized carbons (Fsp3) is 0.308. The summed E-state index contributed by atoms with van der Waals surface area (Å²) in [5.74, 6) is 0.606. The topological polar surface area (TPSA) is 112 Å². The van der Waals surface area contributed by atoms with Gasteiger partial charge in [-0.15, -0.1) is 0 Å². The van der Waals surface area contributed by atoms with Gasteiger partial charge in [0.05, 0.1) is 5.56 Å². The lowest BCUT2D eigenvalue weighted by molar-refractivity contribution is -0.138. The summed E-state index contributed by atoms with van der Waals surface area (Å²) in [5, 5.41) is 11.4. The number of hydrogen-bond donors (Lipinski definition) is 4. The van der Waals surface area contributed by atoms with Crippen molar-refractivity contribution in [1.82, 2.24) is 29.7 Å². The van der Waals surface area contributed by atoms with Gasteiger partial charge in [0.1, 0.15) is 12.7 Å². The zero-order valence-corrected chi connectivity index (χ0v) is 21.2. The molecule has 0 spiro atoms. The summed E-state index contributed by atoms with van der Waals surface area (Å²) < 4.78 is 43.2. The predicted molar refractivity (Wildman–Crippen MR) is 143 cm³/mol. The van der Waals surface area contributed by atoms with E-state index in [0.717, 1.165) is 37.9 Å². The van der Waals surface area contributed by atoms with Crippen LogP contribution in [0.15, 0.2) is 55.1 Å². The van der Waals surface area contributed by atoms with Crippen LogP contribution < -0.4 is 21.3 Å². The Labute approximate surface area is 222 Å². The lowest BCUT2D eigenvalue weighted by Crippen LogP contribution is -2.44. The summed E-state index contributed by atoms with van der Waals surface area (Å²) >= 11 is 0. The van der Waals surface area contributed by atoms with Crippen molar-refractivity contribution in [2.24, 2.45) is 0 Å². The van der Waals surface area contributed by atoms with Crippen molar-refractivity contribution in [1.29, 1.82) is 0 Å². The highest BCUT2D eigenvalue weighted by Gasteiger charge is 2.33. The molecule has 1 aliphatic rings. The van der Waals surface area contributed by atoms with Crippen molar-refractivity contribution in [2.45, 2.75) is 12.6 Å². The minimum Gasteiger partial charge on any atom is -0.371 e.